The van der Waals surface area contributed by atoms with E-state index in [4.69, 9.17) is 42.1 Å². The van der Waals surface area contributed by atoms with Crippen molar-refractivity contribution in [2.45, 2.75) is 44.4 Å². The number of benzene rings is 4. The maximum absolute atomic E-state index is 14.6. The van der Waals surface area contributed by atoms with Gasteiger partial charge in [-0.25, -0.2) is 8.78 Å². The number of rotatable bonds is 14. The van der Waals surface area contributed by atoms with Gasteiger partial charge in [-0.05, 0) is 35.4 Å². The van der Waals surface area contributed by atoms with Crippen molar-refractivity contribution in [2.24, 2.45) is 0 Å². The van der Waals surface area contributed by atoms with E-state index in [1.165, 1.54) is 12.1 Å². The first-order chi connectivity index (χ1) is 21.5. The molecule has 5 nitrogen and oxygen atoms in total. The molecule has 1 saturated heterocycles. The molecule has 0 unspecified atom stereocenters. The van der Waals surface area contributed by atoms with Crippen molar-refractivity contribution in [1.82, 2.24) is 5.32 Å². The van der Waals surface area contributed by atoms with E-state index in [2.05, 4.69) is 5.32 Å². The highest BCUT2D eigenvalue weighted by atomic mass is 35.5. The first-order valence-electron chi connectivity index (χ1n) is 14.6. The van der Waals surface area contributed by atoms with Gasteiger partial charge in [0.2, 0.25) is 0 Å². The molecule has 1 N–H and O–H groups in total. The molecular weight excluding hydrogens is 607 g/mol. The monoisotopic (exact) mass is 641 g/mol. The number of hydrogen-bond acceptors (Lipinski definition) is 5. The van der Waals surface area contributed by atoms with Gasteiger partial charge in [0.15, 0.2) is 0 Å². The average molecular weight is 643 g/mol. The molecular formula is C35H35Cl2F2NO4. The van der Waals surface area contributed by atoms with E-state index in [0.29, 0.717) is 44.0 Å². The lowest BCUT2D eigenvalue weighted by Gasteiger charge is -2.39. The molecule has 0 spiro atoms. The number of piperidine rings is 1. The Kier molecular flexibility index (Phi) is 12.0. The predicted octanol–water partition coefficient (Wildman–Crippen LogP) is 8.11. The summed E-state index contributed by atoms with van der Waals surface area (Å²) in [7, 11) is 0. The Morgan fingerprint density at radius 3 is 1.84 bits per heavy atom. The molecule has 0 bridgehead atoms. The Balaban J connectivity index is 1.23. The van der Waals surface area contributed by atoms with Crippen LogP contribution in [0.1, 0.15) is 34.6 Å². The Bertz CT molecular complexity index is 1410. The van der Waals surface area contributed by atoms with E-state index in [1.807, 2.05) is 54.6 Å². The summed E-state index contributed by atoms with van der Waals surface area (Å²) >= 11 is 12.0. The smallest absolute Gasteiger partial charge is 0.147 e. The second-order valence-corrected chi connectivity index (χ2v) is 11.4. The van der Waals surface area contributed by atoms with Crippen LogP contribution in [0.15, 0.2) is 91.0 Å². The van der Waals surface area contributed by atoms with E-state index in [-0.39, 0.29) is 41.4 Å². The fraction of sp³-hybridized carbons (Fsp3) is 0.314. The molecule has 1 heterocycles. The standard InChI is InChI=1S/C35H35Cl2F2NO4/c36-29-11-4-9-26(34(29)38)22-43-31-19-40-20-32(44-23-27-10-5-12-30(37)35(27)39)33(31)25-13-15-28(16-14-25)42-18-6-17-41-21-24-7-2-1-3-8-24/h1-5,7-16,31-33,40H,6,17-23H2/t31-,32+,33-. The van der Waals surface area contributed by atoms with Gasteiger partial charge in [0.05, 0.1) is 55.3 Å². The van der Waals surface area contributed by atoms with E-state index < -0.39 is 11.6 Å². The van der Waals surface area contributed by atoms with Crippen molar-refractivity contribution in [2.75, 3.05) is 26.3 Å². The summed E-state index contributed by atoms with van der Waals surface area (Å²) in [5.41, 5.74) is 2.86. The highest BCUT2D eigenvalue weighted by molar-refractivity contribution is 6.31. The van der Waals surface area contributed by atoms with E-state index in [1.54, 1.807) is 24.3 Å². The summed E-state index contributed by atoms with van der Waals surface area (Å²) in [6.45, 7) is 2.83. The van der Waals surface area contributed by atoms with Crippen LogP contribution in [-0.4, -0.2) is 38.5 Å². The molecule has 1 aliphatic heterocycles. The third-order valence-electron chi connectivity index (χ3n) is 7.54. The summed E-state index contributed by atoms with van der Waals surface area (Å²) in [6.07, 6.45) is 0.0456. The molecule has 0 saturated carbocycles. The quantitative estimate of drug-likeness (QED) is 0.141. The topological polar surface area (TPSA) is 49.0 Å². The Labute approximate surface area is 267 Å². The van der Waals surface area contributed by atoms with Crippen LogP contribution in [-0.2, 0) is 34.0 Å². The van der Waals surface area contributed by atoms with Gasteiger partial charge >= 0.3 is 0 Å². The van der Waals surface area contributed by atoms with Crippen LogP contribution >= 0.6 is 23.2 Å². The summed E-state index contributed by atoms with van der Waals surface area (Å²) in [6, 6.07) is 27.6. The van der Waals surface area contributed by atoms with Crippen molar-refractivity contribution in [1.29, 1.82) is 0 Å². The Morgan fingerprint density at radius 2 is 1.25 bits per heavy atom. The molecule has 4 aromatic carbocycles. The summed E-state index contributed by atoms with van der Waals surface area (Å²) in [5.74, 6) is -0.472. The molecule has 0 radical (unpaired) electrons. The average Bonchev–Trinajstić information content (AvgIpc) is 3.05. The zero-order chi connectivity index (χ0) is 30.7. The van der Waals surface area contributed by atoms with Crippen molar-refractivity contribution in [3.8, 4) is 5.75 Å². The summed E-state index contributed by atoms with van der Waals surface area (Å²) in [4.78, 5) is 0. The molecule has 9 heteroatoms. The SMILES string of the molecule is Fc1c(Cl)cccc1CO[C@H]1CNC[C@@H](OCc2cccc(Cl)c2F)[C@H]1c1ccc(OCCCOCc2ccccc2)cc1. The van der Waals surface area contributed by atoms with E-state index >= 15 is 0 Å². The maximum atomic E-state index is 14.6. The van der Waals surface area contributed by atoms with E-state index in [9.17, 15) is 8.78 Å². The van der Waals surface area contributed by atoms with Crippen molar-refractivity contribution in [3.05, 3.63) is 135 Å². The summed E-state index contributed by atoms with van der Waals surface area (Å²) < 4.78 is 53.5. The minimum Gasteiger partial charge on any atom is -0.494 e. The molecule has 0 amide bonds. The van der Waals surface area contributed by atoms with Gasteiger partial charge in [-0.2, -0.15) is 0 Å². The third-order valence-corrected chi connectivity index (χ3v) is 8.12. The minimum absolute atomic E-state index is 0.0401. The van der Waals surface area contributed by atoms with Crippen LogP contribution in [0, 0.1) is 11.6 Å². The first-order valence-corrected chi connectivity index (χ1v) is 15.4. The van der Waals surface area contributed by atoms with E-state index in [0.717, 1.165) is 23.3 Å². The van der Waals surface area contributed by atoms with Gasteiger partial charge in [0, 0.05) is 36.6 Å². The predicted molar refractivity (Wildman–Crippen MR) is 168 cm³/mol. The molecule has 4 aromatic rings. The van der Waals surface area contributed by atoms with Crippen LogP contribution in [0.5, 0.6) is 5.75 Å². The lowest BCUT2D eigenvalue weighted by Crippen LogP contribution is -2.50. The minimum atomic E-state index is -0.495. The molecule has 3 atom stereocenters. The van der Waals surface area contributed by atoms with Crippen molar-refractivity contribution >= 4 is 23.2 Å². The number of nitrogens with one attached hydrogen (secondary N) is 1. The Morgan fingerprint density at radius 1 is 0.659 bits per heavy atom. The van der Waals surface area contributed by atoms with Gasteiger partial charge in [-0.15, -0.1) is 0 Å². The van der Waals surface area contributed by atoms with Crippen LogP contribution < -0.4 is 10.1 Å². The molecule has 0 aliphatic carbocycles. The first kappa shape index (κ1) is 32.4. The highest BCUT2D eigenvalue weighted by Gasteiger charge is 2.36. The van der Waals surface area contributed by atoms with Crippen LogP contribution in [0.3, 0.4) is 0 Å². The normalized spacial score (nSPS) is 18.3. The van der Waals surface area contributed by atoms with Crippen LogP contribution in [0.2, 0.25) is 10.0 Å². The summed E-state index contributed by atoms with van der Waals surface area (Å²) in [5, 5.41) is 3.45. The zero-order valence-corrected chi connectivity index (χ0v) is 25.7. The number of halogens is 4. The van der Waals surface area contributed by atoms with Crippen LogP contribution in [0.25, 0.3) is 0 Å². The molecule has 0 aromatic heterocycles. The van der Waals surface area contributed by atoms with Gasteiger partial charge in [-0.3, -0.25) is 0 Å². The van der Waals surface area contributed by atoms with Gasteiger partial charge in [-0.1, -0.05) is 89.9 Å². The van der Waals surface area contributed by atoms with Gasteiger partial charge < -0.3 is 24.3 Å². The second-order valence-electron chi connectivity index (χ2n) is 10.6. The largest absolute Gasteiger partial charge is 0.494 e. The molecule has 1 aliphatic rings. The second kappa shape index (κ2) is 16.3. The van der Waals surface area contributed by atoms with Gasteiger partial charge in [0.25, 0.3) is 0 Å². The molecule has 5 rings (SSSR count). The van der Waals surface area contributed by atoms with Crippen molar-refractivity contribution in [3.63, 3.8) is 0 Å². The zero-order valence-electron chi connectivity index (χ0n) is 24.2. The third kappa shape index (κ3) is 8.78. The fourth-order valence-electron chi connectivity index (χ4n) is 5.23. The lowest BCUT2D eigenvalue weighted by molar-refractivity contribution is -0.0658. The molecule has 44 heavy (non-hydrogen) atoms. The lowest BCUT2D eigenvalue weighted by atomic mass is 9.85. The molecule has 232 valence electrons. The van der Waals surface area contributed by atoms with Gasteiger partial charge in [0.1, 0.15) is 17.4 Å². The van der Waals surface area contributed by atoms with Crippen molar-refractivity contribution < 1.29 is 27.7 Å². The maximum Gasteiger partial charge on any atom is 0.147 e. The fourth-order valence-corrected chi connectivity index (χ4v) is 5.62. The number of hydrogen-bond donors (Lipinski definition) is 1. The number of ether oxygens (including phenoxy) is 4. The Hall–Kier alpha value is -3.04. The highest BCUT2D eigenvalue weighted by Crippen LogP contribution is 2.33. The van der Waals surface area contributed by atoms with Crippen LogP contribution in [0.4, 0.5) is 8.78 Å². The molecule has 1 fully saturated rings.